The van der Waals surface area contributed by atoms with E-state index in [9.17, 15) is 26.2 Å². The minimum atomic E-state index is -4.59. The molecule has 1 aliphatic rings. The molecule has 0 radical (unpaired) electrons. The Kier molecular flexibility index (Phi) is 9.53. The van der Waals surface area contributed by atoms with Gasteiger partial charge >= 0.3 is 10.1 Å². The molecule has 0 bridgehead atoms. The summed E-state index contributed by atoms with van der Waals surface area (Å²) in [5.41, 5.74) is 2.80. The van der Waals surface area contributed by atoms with E-state index in [0.717, 1.165) is 11.3 Å². The molecule has 1 aliphatic heterocycles. The van der Waals surface area contributed by atoms with E-state index in [1.165, 1.54) is 0 Å². The molecule has 2 aromatic heterocycles. The van der Waals surface area contributed by atoms with E-state index in [-0.39, 0.29) is 17.2 Å². The van der Waals surface area contributed by atoms with Crippen LogP contribution in [0.1, 0.15) is 5.56 Å². The summed E-state index contributed by atoms with van der Waals surface area (Å²) >= 11 is 0. The second-order valence-electron chi connectivity index (χ2n) is 12.4. The highest BCUT2D eigenvalue weighted by Gasteiger charge is 2.30. The Hall–Kier alpha value is -5.21. The van der Waals surface area contributed by atoms with Gasteiger partial charge in [-0.3, -0.25) is 19.6 Å². The van der Waals surface area contributed by atoms with Gasteiger partial charge in [0, 0.05) is 66.0 Å². The number of piperazine rings is 1. The van der Waals surface area contributed by atoms with E-state index < -0.39 is 36.9 Å². The van der Waals surface area contributed by atoms with Crippen molar-refractivity contribution in [2.75, 3.05) is 37.0 Å². The van der Waals surface area contributed by atoms with Crippen LogP contribution >= 0.6 is 0 Å². The first kappa shape index (κ1) is 34.2. The van der Waals surface area contributed by atoms with E-state index >= 15 is 0 Å². The van der Waals surface area contributed by atoms with Crippen molar-refractivity contribution in [3.63, 3.8) is 0 Å². The molecular weight excluding hydrogens is 687 g/mol. The van der Waals surface area contributed by atoms with E-state index in [0.29, 0.717) is 59.0 Å². The molecule has 0 spiro atoms. The zero-order chi connectivity index (χ0) is 35.6. The molecule has 0 aliphatic carbocycles. The van der Waals surface area contributed by atoms with E-state index in [4.69, 9.17) is 0 Å². The Balaban J connectivity index is 1.14. The van der Waals surface area contributed by atoms with Crippen LogP contribution in [0.15, 0.2) is 132 Å². The number of benzene rings is 4. The van der Waals surface area contributed by atoms with Gasteiger partial charge in [-0.1, -0.05) is 78.9 Å². The molecule has 6 aromatic rings. The van der Waals surface area contributed by atoms with Gasteiger partial charge in [0.15, 0.2) is 14.9 Å². The van der Waals surface area contributed by atoms with E-state index in [1.807, 2.05) is 30.3 Å². The van der Waals surface area contributed by atoms with Gasteiger partial charge in [0.2, 0.25) is 5.91 Å². The molecule has 3 heterocycles. The number of para-hydroxylation sites is 1. The fraction of sp³-hybridized carbons (Fsp3) is 0.184. The highest BCUT2D eigenvalue weighted by Crippen LogP contribution is 2.28. The topological polar surface area (TPSA) is 150 Å². The van der Waals surface area contributed by atoms with Crippen molar-refractivity contribution in [3.8, 4) is 11.3 Å². The zero-order valence-electron chi connectivity index (χ0n) is 27.5. The monoisotopic (exact) mass is 721 g/mol. The molecule has 7 rings (SSSR count). The number of aromatic nitrogens is 2. The first-order valence-corrected chi connectivity index (χ1v) is 19.5. The minimum Gasteiger partial charge on any atom is -0.368 e. The molecule has 1 fully saturated rings. The largest absolute Gasteiger partial charge is 0.368 e. The summed E-state index contributed by atoms with van der Waals surface area (Å²) in [6, 6.07) is 31.5. The molecular formula is C38H35N5O6S2. The number of carbonyl (C=O) groups is 1. The van der Waals surface area contributed by atoms with Crippen molar-refractivity contribution in [1.82, 2.24) is 20.2 Å². The number of amides is 1. The Morgan fingerprint density at radius 2 is 1.49 bits per heavy atom. The second kappa shape index (κ2) is 14.2. The fourth-order valence-electron chi connectivity index (χ4n) is 6.50. The molecule has 51 heavy (non-hydrogen) atoms. The van der Waals surface area contributed by atoms with E-state index in [1.54, 1.807) is 96.2 Å². The van der Waals surface area contributed by atoms with Gasteiger partial charge in [-0.2, -0.15) is 8.42 Å². The molecule has 4 aromatic carbocycles. The lowest BCUT2D eigenvalue weighted by Crippen LogP contribution is -2.55. The predicted octanol–water partition coefficient (Wildman–Crippen LogP) is 4.98. The SMILES string of the molecule is O=C([C@H](Cc1ccc(-c2cc3ccccc3c(S(=O)(=O)O)n2)cc1)NCS(=O)(=O)c1cccc2cnccc12)N1CCN(c2ccccc2)CC1. The number of pyridine rings is 2. The average molecular weight is 722 g/mol. The number of fused-ring (bicyclic) bond motifs is 2. The number of hydrogen-bond donors (Lipinski definition) is 2. The minimum absolute atomic E-state index is 0.161. The van der Waals surface area contributed by atoms with Crippen molar-refractivity contribution in [1.29, 1.82) is 0 Å². The van der Waals surface area contributed by atoms with Crippen molar-refractivity contribution in [3.05, 3.63) is 127 Å². The second-order valence-corrected chi connectivity index (χ2v) is 15.7. The maximum atomic E-state index is 14.1. The van der Waals surface area contributed by atoms with E-state index in [2.05, 4.69) is 20.2 Å². The van der Waals surface area contributed by atoms with Crippen molar-refractivity contribution >= 4 is 53.1 Å². The normalized spacial score (nSPS) is 14.5. The van der Waals surface area contributed by atoms with Crippen molar-refractivity contribution < 1.29 is 26.2 Å². The lowest BCUT2D eigenvalue weighted by atomic mass is 10.0. The third-order valence-electron chi connectivity index (χ3n) is 9.15. The highest BCUT2D eigenvalue weighted by atomic mass is 32.2. The number of carbonyl (C=O) groups excluding carboxylic acids is 1. The molecule has 0 unspecified atom stereocenters. The van der Waals surface area contributed by atoms with Gasteiger partial charge < -0.3 is 9.80 Å². The summed E-state index contributed by atoms with van der Waals surface area (Å²) < 4.78 is 61.7. The molecule has 13 heteroatoms. The molecule has 1 atom stereocenters. The molecule has 1 amide bonds. The third kappa shape index (κ3) is 7.47. The van der Waals surface area contributed by atoms with Gasteiger partial charge in [-0.05, 0) is 47.7 Å². The summed E-state index contributed by atoms with van der Waals surface area (Å²) in [6.45, 7) is 2.25. The lowest BCUT2D eigenvalue weighted by molar-refractivity contribution is -0.133. The smallest absolute Gasteiger partial charge is 0.312 e. The number of nitrogens with one attached hydrogen (secondary N) is 1. The predicted molar refractivity (Wildman–Crippen MR) is 197 cm³/mol. The number of nitrogens with zero attached hydrogens (tertiary/aromatic N) is 4. The van der Waals surface area contributed by atoms with Crippen LogP contribution in [0.5, 0.6) is 0 Å². The first-order chi connectivity index (χ1) is 24.6. The van der Waals surface area contributed by atoms with Gasteiger partial charge in [0.05, 0.1) is 16.6 Å². The Morgan fingerprint density at radius 1 is 0.784 bits per heavy atom. The third-order valence-corrected chi connectivity index (χ3v) is 11.5. The summed E-state index contributed by atoms with van der Waals surface area (Å²) in [7, 11) is -8.45. The summed E-state index contributed by atoms with van der Waals surface area (Å²) in [5.74, 6) is -0.648. The Bertz CT molecular complexity index is 2430. The maximum Gasteiger partial charge on any atom is 0.312 e. The van der Waals surface area contributed by atoms with Crippen LogP contribution in [0.3, 0.4) is 0 Å². The number of rotatable bonds is 10. The van der Waals surface area contributed by atoms with Gasteiger partial charge in [0.1, 0.15) is 5.88 Å². The quantitative estimate of drug-likeness (QED) is 0.186. The van der Waals surface area contributed by atoms with Crippen molar-refractivity contribution in [2.24, 2.45) is 0 Å². The van der Waals surface area contributed by atoms with Crippen molar-refractivity contribution in [2.45, 2.75) is 22.4 Å². The molecule has 11 nitrogen and oxygen atoms in total. The summed E-state index contributed by atoms with van der Waals surface area (Å²) in [5, 5.41) is 4.84. The van der Waals surface area contributed by atoms with Crippen LogP contribution in [-0.4, -0.2) is 80.3 Å². The summed E-state index contributed by atoms with van der Waals surface area (Å²) in [4.78, 5) is 26.6. The first-order valence-electron chi connectivity index (χ1n) is 16.4. The van der Waals surface area contributed by atoms with Gasteiger partial charge in [-0.25, -0.2) is 13.4 Å². The zero-order valence-corrected chi connectivity index (χ0v) is 29.1. The lowest BCUT2D eigenvalue weighted by Gasteiger charge is -2.37. The average Bonchev–Trinajstić information content (AvgIpc) is 3.16. The van der Waals surface area contributed by atoms with Gasteiger partial charge in [-0.15, -0.1) is 0 Å². The highest BCUT2D eigenvalue weighted by molar-refractivity contribution is 7.91. The standard InChI is InChI=1S/C38H35N5O6S2/c44-38(43-21-19-42(20-22-43)31-9-2-1-3-10-31)35(40-26-50(45,46)36-12-6-8-30-25-39-18-17-32(30)36)23-27-13-15-28(16-14-27)34-24-29-7-4-5-11-33(29)37(41-34)51(47,48)49/h1-18,24-25,35,40H,19-23,26H2,(H,47,48,49)/t35-/m0/s1. The Morgan fingerprint density at radius 3 is 2.24 bits per heavy atom. The number of hydrogen-bond acceptors (Lipinski definition) is 9. The van der Waals surface area contributed by atoms with Gasteiger partial charge in [0.25, 0.3) is 0 Å². The van der Waals surface area contributed by atoms with Crippen LogP contribution < -0.4 is 10.2 Å². The number of anilines is 1. The molecule has 0 saturated carbocycles. The Labute approximate surface area is 296 Å². The fourth-order valence-corrected chi connectivity index (χ4v) is 8.56. The van der Waals surface area contributed by atoms with Crippen LogP contribution in [0, 0.1) is 0 Å². The molecule has 260 valence electrons. The summed E-state index contributed by atoms with van der Waals surface area (Å²) in [6.07, 6.45) is 3.37. The molecule has 1 saturated heterocycles. The molecule has 2 N–H and O–H groups in total. The maximum absolute atomic E-state index is 14.1. The van der Waals surface area contributed by atoms with Crippen LogP contribution in [-0.2, 0) is 31.2 Å². The number of sulfone groups is 1. The van der Waals surface area contributed by atoms with Crippen LogP contribution in [0.4, 0.5) is 5.69 Å². The van der Waals surface area contributed by atoms with Crippen LogP contribution in [0.25, 0.3) is 32.8 Å². The van der Waals surface area contributed by atoms with Crippen LogP contribution in [0.2, 0.25) is 0 Å².